The van der Waals surface area contributed by atoms with Crippen molar-refractivity contribution in [2.24, 2.45) is 7.05 Å². The van der Waals surface area contributed by atoms with Gasteiger partial charge in [0.25, 0.3) is 0 Å². The summed E-state index contributed by atoms with van der Waals surface area (Å²) in [6, 6.07) is 0.171. The number of rotatable bonds is 5. The molecule has 0 aliphatic heterocycles. The summed E-state index contributed by atoms with van der Waals surface area (Å²) in [6.45, 7) is 2.82. The zero-order valence-electron chi connectivity index (χ0n) is 10.9. The van der Waals surface area contributed by atoms with E-state index < -0.39 is 0 Å². The van der Waals surface area contributed by atoms with Gasteiger partial charge in [0.2, 0.25) is 0 Å². The maximum atomic E-state index is 6.09. The Labute approximate surface area is 103 Å². The fourth-order valence-corrected chi connectivity index (χ4v) is 3.02. The molecule has 1 aliphatic carbocycles. The third kappa shape index (κ3) is 2.21. The third-order valence-electron chi connectivity index (χ3n) is 3.74. The number of aryl methyl sites for hydroxylation is 1. The Morgan fingerprint density at radius 2 is 2.24 bits per heavy atom. The minimum atomic E-state index is -0.0844. The summed E-state index contributed by atoms with van der Waals surface area (Å²) in [6.07, 6.45) is 6.53. The molecule has 1 aromatic rings. The van der Waals surface area contributed by atoms with Gasteiger partial charge >= 0.3 is 0 Å². The summed E-state index contributed by atoms with van der Waals surface area (Å²) in [7, 11) is 3.91. The van der Waals surface area contributed by atoms with Gasteiger partial charge in [-0.2, -0.15) is 0 Å². The van der Waals surface area contributed by atoms with Crippen LogP contribution in [0, 0.1) is 0 Å². The van der Waals surface area contributed by atoms with E-state index in [4.69, 9.17) is 4.74 Å². The molecule has 0 saturated heterocycles. The minimum absolute atomic E-state index is 0.0844. The third-order valence-corrected chi connectivity index (χ3v) is 3.74. The summed E-state index contributed by atoms with van der Waals surface area (Å²) >= 11 is 0. The second-order valence-corrected chi connectivity index (χ2v) is 4.71. The van der Waals surface area contributed by atoms with E-state index >= 15 is 0 Å². The fourth-order valence-electron chi connectivity index (χ4n) is 3.02. The van der Waals surface area contributed by atoms with Gasteiger partial charge in [-0.25, -0.2) is 0 Å². The highest BCUT2D eigenvalue weighted by molar-refractivity contribution is 5.11. The molecule has 1 aromatic heterocycles. The molecule has 0 aromatic carbocycles. The predicted molar refractivity (Wildman–Crippen MR) is 65.6 cm³/mol. The van der Waals surface area contributed by atoms with Crippen molar-refractivity contribution in [3.05, 3.63) is 11.9 Å². The van der Waals surface area contributed by atoms with Crippen molar-refractivity contribution >= 4 is 0 Å². The molecular weight excluding hydrogens is 216 g/mol. The molecule has 1 fully saturated rings. The highest BCUT2D eigenvalue weighted by Gasteiger charge is 2.43. The fraction of sp³-hybridized carbons (Fsp3) is 0.833. The molecule has 1 aliphatic rings. The first-order chi connectivity index (χ1) is 8.23. The lowest BCUT2D eigenvalue weighted by molar-refractivity contribution is -0.0627. The van der Waals surface area contributed by atoms with Crippen LogP contribution in [0.15, 0.2) is 6.20 Å². The second-order valence-electron chi connectivity index (χ2n) is 4.71. The van der Waals surface area contributed by atoms with Crippen molar-refractivity contribution in [1.29, 1.82) is 0 Å². The van der Waals surface area contributed by atoms with Crippen LogP contribution in [-0.4, -0.2) is 34.2 Å². The van der Waals surface area contributed by atoms with Crippen LogP contribution in [0.2, 0.25) is 0 Å². The molecule has 1 unspecified atom stereocenters. The zero-order valence-corrected chi connectivity index (χ0v) is 10.9. The van der Waals surface area contributed by atoms with E-state index in [0.717, 1.165) is 25.1 Å². The molecule has 1 heterocycles. The predicted octanol–water partition coefficient (Wildman–Crippen LogP) is 1.42. The van der Waals surface area contributed by atoms with Crippen molar-refractivity contribution in [3.8, 4) is 0 Å². The molecule has 1 saturated carbocycles. The van der Waals surface area contributed by atoms with Crippen LogP contribution in [0.1, 0.15) is 44.3 Å². The van der Waals surface area contributed by atoms with Gasteiger partial charge in [0.1, 0.15) is 0 Å². The quantitative estimate of drug-likeness (QED) is 0.843. The first-order valence-corrected chi connectivity index (χ1v) is 6.39. The number of hydrogen-bond acceptors (Lipinski definition) is 4. The Kier molecular flexibility index (Phi) is 3.79. The Morgan fingerprint density at radius 1 is 1.53 bits per heavy atom. The Morgan fingerprint density at radius 3 is 2.71 bits per heavy atom. The van der Waals surface area contributed by atoms with E-state index in [1.54, 1.807) is 0 Å². The molecule has 1 atom stereocenters. The average Bonchev–Trinajstić information content (AvgIpc) is 2.92. The smallest absolute Gasteiger partial charge is 0.0891 e. The topological polar surface area (TPSA) is 52.0 Å². The van der Waals surface area contributed by atoms with E-state index in [1.807, 2.05) is 25.0 Å². The van der Waals surface area contributed by atoms with Crippen molar-refractivity contribution in [1.82, 2.24) is 20.3 Å². The van der Waals surface area contributed by atoms with Crippen molar-refractivity contribution in [3.63, 3.8) is 0 Å². The van der Waals surface area contributed by atoms with E-state index in [-0.39, 0.29) is 11.6 Å². The molecular formula is C12H22N4O. The lowest BCUT2D eigenvalue weighted by atomic mass is 9.89. The lowest BCUT2D eigenvalue weighted by Crippen LogP contribution is -2.44. The van der Waals surface area contributed by atoms with E-state index in [1.165, 1.54) is 12.8 Å². The molecule has 5 nitrogen and oxygen atoms in total. The first-order valence-electron chi connectivity index (χ1n) is 6.39. The number of aromatic nitrogens is 3. The summed E-state index contributed by atoms with van der Waals surface area (Å²) in [5.74, 6) is 0. The summed E-state index contributed by atoms with van der Waals surface area (Å²) in [4.78, 5) is 0. The van der Waals surface area contributed by atoms with Gasteiger partial charge in [-0.05, 0) is 26.8 Å². The normalized spacial score (nSPS) is 20.6. The first kappa shape index (κ1) is 12.5. The van der Waals surface area contributed by atoms with Crippen molar-refractivity contribution < 1.29 is 4.74 Å². The van der Waals surface area contributed by atoms with Crippen LogP contribution in [0.25, 0.3) is 0 Å². The van der Waals surface area contributed by atoms with Gasteiger partial charge in [0, 0.05) is 13.7 Å². The number of hydrogen-bond donors (Lipinski definition) is 1. The standard InChI is InChI=1S/C12H22N4O/c1-4-17-12(7-5-6-8-12)11(13-2)10-9-14-15-16(10)3/h9,11,13H,4-8H2,1-3H3. The molecule has 0 spiro atoms. The van der Waals surface area contributed by atoms with Gasteiger partial charge in [-0.3, -0.25) is 4.68 Å². The average molecular weight is 238 g/mol. The molecule has 0 bridgehead atoms. The highest BCUT2D eigenvalue weighted by Crippen LogP contribution is 2.42. The molecule has 17 heavy (non-hydrogen) atoms. The van der Waals surface area contributed by atoms with E-state index in [0.29, 0.717) is 0 Å². The van der Waals surface area contributed by atoms with Gasteiger partial charge in [-0.15, -0.1) is 5.10 Å². The summed E-state index contributed by atoms with van der Waals surface area (Å²) < 4.78 is 7.92. The molecule has 0 radical (unpaired) electrons. The maximum absolute atomic E-state index is 6.09. The van der Waals surface area contributed by atoms with Crippen LogP contribution < -0.4 is 5.32 Å². The zero-order chi connectivity index (χ0) is 12.3. The van der Waals surface area contributed by atoms with Gasteiger partial charge in [0.15, 0.2) is 0 Å². The lowest BCUT2D eigenvalue weighted by Gasteiger charge is -2.37. The van der Waals surface area contributed by atoms with E-state index in [9.17, 15) is 0 Å². The van der Waals surface area contributed by atoms with Gasteiger partial charge < -0.3 is 10.1 Å². The van der Waals surface area contributed by atoms with Crippen LogP contribution in [0.3, 0.4) is 0 Å². The Balaban J connectivity index is 2.29. The van der Waals surface area contributed by atoms with Crippen molar-refractivity contribution in [2.45, 2.75) is 44.2 Å². The number of nitrogens with zero attached hydrogens (tertiary/aromatic N) is 3. The summed E-state index contributed by atoms with van der Waals surface area (Å²) in [5.41, 5.74) is 1.02. The Bertz CT molecular complexity index is 357. The number of nitrogens with one attached hydrogen (secondary N) is 1. The molecule has 96 valence electrons. The molecule has 0 amide bonds. The molecule has 1 N–H and O–H groups in total. The number of ether oxygens (including phenoxy) is 1. The van der Waals surface area contributed by atoms with Gasteiger partial charge in [-0.1, -0.05) is 18.1 Å². The Hall–Kier alpha value is -0.940. The van der Waals surface area contributed by atoms with Crippen LogP contribution >= 0.6 is 0 Å². The van der Waals surface area contributed by atoms with Crippen molar-refractivity contribution in [2.75, 3.05) is 13.7 Å². The molecule has 2 rings (SSSR count). The van der Waals surface area contributed by atoms with Crippen LogP contribution in [0.4, 0.5) is 0 Å². The second kappa shape index (κ2) is 5.14. The van der Waals surface area contributed by atoms with Crippen LogP contribution in [-0.2, 0) is 11.8 Å². The minimum Gasteiger partial charge on any atom is -0.373 e. The largest absolute Gasteiger partial charge is 0.373 e. The molecule has 5 heteroatoms. The highest BCUT2D eigenvalue weighted by atomic mass is 16.5. The monoisotopic (exact) mass is 238 g/mol. The van der Waals surface area contributed by atoms with Gasteiger partial charge in [0.05, 0.1) is 23.5 Å². The maximum Gasteiger partial charge on any atom is 0.0891 e. The van der Waals surface area contributed by atoms with E-state index in [2.05, 4.69) is 22.6 Å². The van der Waals surface area contributed by atoms with Crippen LogP contribution in [0.5, 0.6) is 0 Å². The summed E-state index contributed by atoms with van der Waals surface area (Å²) in [5, 5.41) is 11.4. The number of likely N-dealkylation sites (N-methyl/N-ethyl adjacent to an activating group) is 1. The SMILES string of the molecule is CCOC1(C(NC)c2cnnn2C)CCCC1.